The number of hydrogen-bond donors (Lipinski definition) is 1. The van der Waals surface area contributed by atoms with E-state index >= 15 is 0 Å². The second-order valence-corrected chi connectivity index (χ2v) is 5.71. The molecule has 0 aromatic heterocycles. The Morgan fingerprint density at radius 2 is 2.00 bits per heavy atom. The molecule has 0 saturated heterocycles. The second kappa shape index (κ2) is 5.76. The number of nitro benzene ring substituents is 1. The molecule has 2 aromatic rings. The lowest BCUT2D eigenvalue weighted by atomic mass is 10.2. The van der Waals surface area contributed by atoms with Gasteiger partial charge in [0.05, 0.1) is 4.92 Å². The summed E-state index contributed by atoms with van der Waals surface area (Å²) in [6, 6.07) is 10.7. The number of benzene rings is 2. The molecule has 2 aromatic carbocycles. The molecule has 0 bridgehead atoms. The van der Waals surface area contributed by atoms with E-state index in [0.29, 0.717) is 18.0 Å². The number of rotatable bonds is 4. The van der Waals surface area contributed by atoms with Crippen LogP contribution in [0.3, 0.4) is 0 Å². The predicted molar refractivity (Wildman–Crippen MR) is 85.7 cm³/mol. The second-order valence-electron chi connectivity index (χ2n) is 4.46. The summed E-state index contributed by atoms with van der Waals surface area (Å²) in [6.07, 6.45) is 0. The maximum absolute atomic E-state index is 11.1. The summed E-state index contributed by atoms with van der Waals surface area (Å²) in [5.41, 5.74) is 1.54. The van der Waals surface area contributed by atoms with Crippen LogP contribution < -0.4 is 14.8 Å². The molecular weight excluding hydrogens is 387 g/mol. The molecule has 1 heterocycles. The first-order valence-corrected chi connectivity index (χ1v) is 7.28. The summed E-state index contributed by atoms with van der Waals surface area (Å²) in [6.45, 7) is 0.701. The Morgan fingerprint density at radius 3 is 2.81 bits per heavy atom. The summed E-state index contributed by atoms with van der Waals surface area (Å²) in [5.74, 6) is 1.42. The molecule has 0 fully saturated rings. The van der Waals surface area contributed by atoms with E-state index in [4.69, 9.17) is 9.47 Å². The van der Waals surface area contributed by atoms with Crippen LogP contribution in [0.2, 0.25) is 0 Å². The monoisotopic (exact) mass is 398 g/mol. The molecule has 7 heteroatoms. The van der Waals surface area contributed by atoms with E-state index in [1.807, 2.05) is 24.3 Å². The first-order chi connectivity index (χ1) is 10.1. The van der Waals surface area contributed by atoms with Crippen LogP contribution in [0.25, 0.3) is 0 Å². The van der Waals surface area contributed by atoms with Gasteiger partial charge in [0.2, 0.25) is 6.79 Å². The van der Waals surface area contributed by atoms with Crippen LogP contribution in [0.4, 0.5) is 11.4 Å². The topological polar surface area (TPSA) is 73.6 Å². The Labute approximate surface area is 134 Å². The molecule has 0 spiro atoms. The van der Waals surface area contributed by atoms with Gasteiger partial charge in [-0.2, -0.15) is 0 Å². The van der Waals surface area contributed by atoms with E-state index in [1.54, 1.807) is 12.1 Å². The van der Waals surface area contributed by atoms with E-state index < -0.39 is 0 Å². The SMILES string of the molecule is O=[N+]([O-])c1cc(I)ccc1NCc1ccc2c(c1)OCO2. The van der Waals surface area contributed by atoms with E-state index in [-0.39, 0.29) is 17.4 Å². The predicted octanol–water partition coefficient (Wildman–Crippen LogP) is 3.54. The lowest BCUT2D eigenvalue weighted by Crippen LogP contribution is -2.03. The van der Waals surface area contributed by atoms with Gasteiger partial charge < -0.3 is 14.8 Å². The van der Waals surface area contributed by atoms with Crippen molar-refractivity contribution in [1.29, 1.82) is 0 Å². The van der Waals surface area contributed by atoms with Gasteiger partial charge in [-0.15, -0.1) is 0 Å². The quantitative estimate of drug-likeness (QED) is 0.485. The summed E-state index contributed by atoms with van der Waals surface area (Å²) < 4.78 is 11.4. The fraction of sp³-hybridized carbons (Fsp3) is 0.143. The van der Waals surface area contributed by atoms with Crippen LogP contribution in [0, 0.1) is 13.7 Å². The number of fused-ring (bicyclic) bond motifs is 1. The zero-order valence-corrected chi connectivity index (χ0v) is 13.0. The summed E-state index contributed by atoms with van der Waals surface area (Å²) >= 11 is 2.05. The number of nitrogens with zero attached hydrogens (tertiary/aromatic N) is 1. The largest absolute Gasteiger partial charge is 0.454 e. The normalized spacial score (nSPS) is 12.2. The standard InChI is InChI=1S/C14H11IN2O4/c15-10-2-3-11(12(6-10)17(18)19)16-7-9-1-4-13-14(5-9)21-8-20-13/h1-6,16H,7-8H2. The van der Waals surface area contributed by atoms with E-state index in [0.717, 1.165) is 14.9 Å². The molecule has 0 radical (unpaired) electrons. The average Bonchev–Trinajstić information content (AvgIpc) is 2.93. The third kappa shape index (κ3) is 3.02. The molecule has 3 rings (SSSR count). The molecule has 1 aliphatic heterocycles. The number of nitro groups is 1. The third-order valence-electron chi connectivity index (χ3n) is 3.08. The van der Waals surface area contributed by atoms with Crippen LogP contribution in [-0.2, 0) is 6.54 Å². The molecule has 6 nitrogen and oxygen atoms in total. The smallest absolute Gasteiger partial charge is 0.293 e. The van der Waals surface area contributed by atoms with E-state index in [9.17, 15) is 10.1 Å². The number of halogens is 1. The van der Waals surface area contributed by atoms with Crippen LogP contribution in [0.5, 0.6) is 11.5 Å². The average molecular weight is 398 g/mol. The Bertz CT molecular complexity index is 705. The van der Waals surface area contributed by atoms with Crippen molar-refractivity contribution in [3.05, 3.63) is 55.6 Å². The van der Waals surface area contributed by atoms with Crippen molar-refractivity contribution in [3.8, 4) is 11.5 Å². The van der Waals surface area contributed by atoms with Crippen LogP contribution >= 0.6 is 22.6 Å². The molecule has 0 amide bonds. The highest BCUT2D eigenvalue weighted by Gasteiger charge is 2.15. The highest BCUT2D eigenvalue weighted by molar-refractivity contribution is 14.1. The first-order valence-electron chi connectivity index (χ1n) is 6.20. The zero-order valence-electron chi connectivity index (χ0n) is 10.8. The van der Waals surface area contributed by atoms with Crippen LogP contribution in [0.1, 0.15) is 5.56 Å². The van der Waals surface area contributed by atoms with Gasteiger partial charge in [0.25, 0.3) is 5.69 Å². The van der Waals surface area contributed by atoms with Crippen molar-refractivity contribution < 1.29 is 14.4 Å². The van der Waals surface area contributed by atoms with Crippen LogP contribution in [-0.4, -0.2) is 11.7 Å². The fourth-order valence-corrected chi connectivity index (χ4v) is 2.53. The van der Waals surface area contributed by atoms with Gasteiger partial charge in [-0.3, -0.25) is 10.1 Å². The molecular formula is C14H11IN2O4. The molecule has 1 aliphatic rings. The number of ether oxygens (including phenoxy) is 2. The number of nitrogens with one attached hydrogen (secondary N) is 1. The minimum atomic E-state index is -0.385. The van der Waals surface area contributed by atoms with Gasteiger partial charge >= 0.3 is 0 Å². The summed E-state index contributed by atoms with van der Waals surface area (Å²) in [7, 11) is 0. The van der Waals surface area contributed by atoms with Crippen molar-refractivity contribution in [1.82, 2.24) is 0 Å². The Balaban J connectivity index is 1.77. The lowest BCUT2D eigenvalue weighted by Gasteiger charge is -2.08. The Hall–Kier alpha value is -2.03. The van der Waals surface area contributed by atoms with Gasteiger partial charge in [-0.05, 0) is 52.4 Å². The lowest BCUT2D eigenvalue weighted by molar-refractivity contribution is -0.384. The Morgan fingerprint density at radius 1 is 1.19 bits per heavy atom. The van der Waals surface area contributed by atoms with Crippen molar-refractivity contribution in [2.45, 2.75) is 6.54 Å². The highest BCUT2D eigenvalue weighted by Crippen LogP contribution is 2.33. The molecule has 108 valence electrons. The van der Waals surface area contributed by atoms with Crippen molar-refractivity contribution in [2.75, 3.05) is 12.1 Å². The number of hydrogen-bond acceptors (Lipinski definition) is 5. The summed E-state index contributed by atoms with van der Waals surface area (Å²) in [4.78, 5) is 10.7. The highest BCUT2D eigenvalue weighted by atomic mass is 127. The number of anilines is 1. The molecule has 0 saturated carbocycles. The van der Waals surface area contributed by atoms with E-state index in [1.165, 1.54) is 0 Å². The first kappa shape index (κ1) is 13.9. The minimum absolute atomic E-state index is 0.0719. The van der Waals surface area contributed by atoms with Crippen molar-refractivity contribution in [2.24, 2.45) is 0 Å². The molecule has 21 heavy (non-hydrogen) atoms. The minimum Gasteiger partial charge on any atom is -0.454 e. The van der Waals surface area contributed by atoms with Crippen molar-refractivity contribution >= 4 is 34.0 Å². The molecule has 0 atom stereocenters. The van der Waals surface area contributed by atoms with Crippen LogP contribution in [0.15, 0.2) is 36.4 Å². The molecule has 1 N–H and O–H groups in total. The Kier molecular flexibility index (Phi) is 3.82. The zero-order chi connectivity index (χ0) is 14.8. The third-order valence-corrected chi connectivity index (χ3v) is 3.75. The maximum atomic E-state index is 11.1. The fourth-order valence-electron chi connectivity index (χ4n) is 2.05. The summed E-state index contributed by atoms with van der Waals surface area (Å²) in [5, 5.41) is 14.2. The molecule has 0 unspecified atom stereocenters. The van der Waals surface area contributed by atoms with Crippen molar-refractivity contribution in [3.63, 3.8) is 0 Å². The van der Waals surface area contributed by atoms with Gasteiger partial charge in [0, 0.05) is 16.2 Å². The van der Waals surface area contributed by atoms with Gasteiger partial charge in [-0.1, -0.05) is 6.07 Å². The van der Waals surface area contributed by atoms with Gasteiger partial charge in [-0.25, -0.2) is 0 Å². The van der Waals surface area contributed by atoms with E-state index in [2.05, 4.69) is 27.9 Å². The molecule has 0 aliphatic carbocycles. The maximum Gasteiger partial charge on any atom is 0.293 e. The van der Waals surface area contributed by atoms with Gasteiger partial charge in [0.1, 0.15) is 5.69 Å². The van der Waals surface area contributed by atoms with Gasteiger partial charge in [0.15, 0.2) is 11.5 Å².